The third kappa shape index (κ3) is 4.31. The fourth-order valence-electron chi connectivity index (χ4n) is 2.25. The van der Waals surface area contributed by atoms with Crippen LogP contribution >= 0.6 is 0 Å². The Morgan fingerprint density at radius 3 is 2.35 bits per heavy atom. The van der Waals surface area contributed by atoms with Gasteiger partial charge in [0.1, 0.15) is 10.6 Å². The number of sulfonamides is 1. The van der Waals surface area contributed by atoms with Gasteiger partial charge in [0.15, 0.2) is 0 Å². The molecule has 9 heteroatoms. The van der Waals surface area contributed by atoms with Gasteiger partial charge in [-0.25, -0.2) is 13.2 Å². The standard InChI is InChI=1S/C17H18N2O6S/c1-11(20)18-12-8-9-15(24-2)14(10-12)19-26(22,23)16-7-5-4-6-13(16)17(21)25-3/h4-10,19H,1-3H3,(H,18,20). The number of hydrogen-bond acceptors (Lipinski definition) is 6. The molecule has 0 radical (unpaired) electrons. The molecule has 0 fully saturated rings. The molecule has 26 heavy (non-hydrogen) atoms. The minimum absolute atomic E-state index is 0.0977. The van der Waals surface area contributed by atoms with Crippen molar-refractivity contribution < 1.29 is 27.5 Å². The van der Waals surface area contributed by atoms with Crippen LogP contribution in [0, 0.1) is 0 Å². The second-order valence-corrected chi connectivity index (χ2v) is 6.84. The van der Waals surface area contributed by atoms with Crippen molar-refractivity contribution in [3.8, 4) is 5.75 Å². The number of carbonyl (C=O) groups excluding carboxylic acids is 2. The fourth-order valence-corrected chi connectivity index (χ4v) is 3.51. The average Bonchev–Trinajstić information content (AvgIpc) is 2.60. The van der Waals surface area contributed by atoms with E-state index in [-0.39, 0.29) is 27.8 Å². The van der Waals surface area contributed by atoms with Crippen molar-refractivity contribution in [2.24, 2.45) is 0 Å². The van der Waals surface area contributed by atoms with E-state index in [4.69, 9.17) is 4.74 Å². The quantitative estimate of drug-likeness (QED) is 0.746. The van der Waals surface area contributed by atoms with Gasteiger partial charge in [0, 0.05) is 12.6 Å². The van der Waals surface area contributed by atoms with E-state index in [2.05, 4.69) is 14.8 Å². The monoisotopic (exact) mass is 378 g/mol. The number of benzene rings is 2. The van der Waals surface area contributed by atoms with Gasteiger partial charge >= 0.3 is 5.97 Å². The highest BCUT2D eigenvalue weighted by Gasteiger charge is 2.24. The largest absolute Gasteiger partial charge is 0.495 e. The Hall–Kier alpha value is -3.07. The van der Waals surface area contributed by atoms with E-state index in [0.717, 1.165) is 0 Å². The first-order valence-corrected chi connectivity index (χ1v) is 8.92. The maximum atomic E-state index is 12.8. The van der Waals surface area contributed by atoms with Crippen LogP contribution in [0.2, 0.25) is 0 Å². The Morgan fingerprint density at radius 2 is 1.73 bits per heavy atom. The molecule has 2 aromatic rings. The molecule has 2 aromatic carbocycles. The fraction of sp³-hybridized carbons (Fsp3) is 0.176. The summed E-state index contributed by atoms with van der Waals surface area (Å²) in [5, 5.41) is 2.56. The van der Waals surface area contributed by atoms with Crippen molar-refractivity contribution in [1.82, 2.24) is 0 Å². The lowest BCUT2D eigenvalue weighted by Gasteiger charge is -2.15. The molecule has 138 valence electrons. The minimum Gasteiger partial charge on any atom is -0.495 e. The summed E-state index contributed by atoms with van der Waals surface area (Å²) in [5.41, 5.74) is 0.398. The maximum absolute atomic E-state index is 12.8. The number of methoxy groups -OCH3 is 2. The zero-order valence-corrected chi connectivity index (χ0v) is 15.2. The zero-order chi connectivity index (χ0) is 19.3. The van der Waals surface area contributed by atoms with E-state index < -0.39 is 16.0 Å². The highest BCUT2D eigenvalue weighted by atomic mass is 32.2. The van der Waals surface area contributed by atoms with Crippen LogP contribution in [0.3, 0.4) is 0 Å². The average molecular weight is 378 g/mol. The van der Waals surface area contributed by atoms with Crippen molar-refractivity contribution in [2.75, 3.05) is 24.3 Å². The summed E-state index contributed by atoms with van der Waals surface area (Å²) in [4.78, 5) is 22.8. The van der Waals surface area contributed by atoms with Crippen molar-refractivity contribution in [3.05, 3.63) is 48.0 Å². The molecule has 0 aliphatic heterocycles. The van der Waals surface area contributed by atoms with Gasteiger partial charge in [-0.2, -0.15) is 0 Å². The number of anilines is 2. The van der Waals surface area contributed by atoms with Gasteiger partial charge in [0.2, 0.25) is 5.91 Å². The number of nitrogens with one attached hydrogen (secondary N) is 2. The second kappa shape index (κ2) is 7.87. The van der Waals surface area contributed by atoms with Crippen LogP contribution in [-0.2, 0) is 19.6 Å². The summed E-state index contributed by atoms with van der Waals surface area (Å²) in [5.74, 6) is -0.830. The summed E-state index contributed by atoms with van der Waals surface area (Å²) < 4.78 is 37.7. The third-order valence-corrected chi connectivity index (χ3v) is 4.77. The van der Waals surface area contributed by atoms with E-state index in [1.807, 2.05) is 0 Å². The molecule has 0 aliphatic rings. The van der Waals surface area contributed by atoms with Crippen molar-refractivity contribution in [2.45, 2.75) is 11.8 Å². The summed E-state index contributed by atoms with van der Waals surface area (Å²) in [7, 11) is -1.57. The zero-order valence-electron chi connectivity index (χ0n) is 14.4. The molecule has 2 rings (SSSR count). The van der Waals surface area contributed by atoms with Crippen LogP contribution in [0.1, 0.15) is 17.3 Å². The van der Waals surface area contributed by atoms with Gasteiger partial charge in [0.05, 0.1) is 25.5 Å². The first kappa shape index (κ1) is 19.3. The predicted octanol–water partition coefficient (Wildman–Crippen LogP) is 2.24. The van der Waals surface area contributed by atoms with Gasteiger partial charge in [-0.1, -0.05) is 12.1 Å². The van der Waals surface area contributed by atoms with Crippen LogP contribution in [0.15, 0.2) is 47.4 Å². The highest BCUT2D eigenvalue weighted by Crippen LogP contribution is 2.30. The van der Waals surface area contributed by atoms with Crippen LogP contribution in [0.4, 0.5) is 11.4 Å². The maximum Gasteiger partial charge on any atom is 0.339 e. The Balaban J connectivity index is 2.47. The molecule has 0 unspecified atom stereocenters. The minimum atomic E-state index is -4.12. The first-order chi connectivity index (χ1) is 12.3. The molecule has 0 aromatic heterocycles. The number of ether oxygens (including phenoxy) is 2. The second-order valence-electron chi connectivity index (χ2n) is 5.19. The summed E-state index contributed by atoms with van der Waals surface area (Å²) in [6.45, 7) is 1.33. The lowest BCUT2D eigenvalue weighted by molar-refractivity contribution is -0.114. The molecule has 0 atom stereocenters. The Labute approximate surface area is 151 Å². The van der Waals surface area contributed by atoms with Crippen LogP contribution in [0.25, 0.3) is 0 Å². The number of esters is 1. The topological polar surface area (TPSA) is 111 Å². The van der Waals surface area contributed by atoms with Gasteiger partial charge < -0.3 is 14.8 Å². The number of amides is 1. The van der Waals surface area contributed by atoms with Crippen LogP contribution in [0.5, 0.6) is 5.75 Å². The summed E-state index contributed by atoms with van der Waals surface area (Å²) in [6.07, 6.45) is 0. The molecule has 0 aliphatic carbocycles. The number of carbonyl (C=O) groups is 2. The Kier molecular flexibility index (Phi) is 5.83. The number of hydrogen-bond donors (Lipinski definition) is 2. The Morgan fingerprint density at radius 1 is 1.04 bits per heavy atom. The molecule has 0 saturated heterocycles. The molecule has 2 N–H and O–H groups in total. The van der Waals surface area contributed by atoms with E-state index >= 15 is 0 Å². The molecule has 8 nitrogen and oxygen atoms in total. The first-order valence-electron chi connectivity index (χ1n) is 7.44. The number of rotatable bonds is 6. The van der Waals surface area contributed by atoms with E-state index in [9.17, 15) is 18.0 Å². The summed E-state index contributed by atoms with van der Waals surface area (Å²) >= 11 is 0. The van der Waals surface area contributed by atoms with Crippen molar-refractivity contribution >= 4 is 33.3 Å². The smallest absolute Gasteiger partial charge is 0.339 e. The predicted molar refractivity (Wildman–Crippen MR) is 95.9 cm³/mol. The van der Waals surface area contributed by atoms with Crippen LogP contribution in [-0.4, -0.2) is 34.5 Å². The third-order valence-electron chi connectivity index (χ3n) is 3.35. The van der Waals surface area contributed by atoms with E-state index in [1.165, 1.54) is 57.5 Å². The molecular weight excluding hydrogens is 360 g/mol. The van der Waals surface area contributed by atoms with Gasteiger partial charge in [0.25, 0.3) is 10.0 Å². The summed E-state index contributed by atoms with van der Waals surface area (Å²) in [6, 6.07) is 10.2. The Bertz CT molecular complexity index is 940. The van der Waals surface area contributed by atoms with E-state index in [1.54, 1.807) is 6.07 Å². The molecule has 0 saturated carbocycles. The SMILES string of the molecule is COC(=O)c1ccccc1S(=O)(=O)Nc1cc(NC(C)=O)ccc1OC. The van der Waals surface area contributed by atoms with Crippen LogP contribution < -0.4 is 14.8 Å². The normalized spacial score (nSPS) is 10.7. The molecular formula is C17H18N2O6S. The van der Waals surface area contributed by atoms with Crippen molar-refractivity contribution in [1.29, 1.82) is 0 Å². The highest BCUT2D eigenvalue weighted by molar-refractivity contribution is 7.92. The van der Waals surface area contributed by atoms with Gasteiger partial charge in [-0.15, -0.1) is 0 Å². The molecule has 0 spiro atoms. The van der Waals surface area contributed by atoms with Gasteiger partial charge in [-0.05, 0) is 30.3 Å². The van der Waals surface area contributed by atoms with Gasteiger partial charge in [-0.3, -0.25) is 9.52 Å². The lowest BCUT2D eigenvalue weighted by Crippen LogP contribution is -2.18. The van der Waals surface area contributed by atoms with E-state index in [0.29, 0.717) is 5.69 Å². The molecule has 0 bridgehead atoms. The molecule has 1 amide bonds. The van der Waals surface area contributed by atoms with Crippen molar-refractivity contribution in [3.63, 3.8) is 0 Å². The lowest BCUT2D eigenvalue weighted by atomic mass is 10.2. The molecule has 0 heterocycles.